The van der Waals surface area contributed by atoms with Crippen molar-refractivity contribution in [1.82, 2.24) is 0 Å². The topological polar surface area (TPSA) is 26.3 Å². The van der Waals surface area contributed by atoms with E-state index in [0.29, 0.717) is 0 Å². The maximum absolute atomic E-state index is 8.81. The SMILES string of the molecule is CC=O.CCC.CCCCCC.COC(C)(C)C. The van der Waals surface area contributed by atoms with Gasteiger partial charge in [0.2, 0.25) is 0 Å². The number of hydrogen-bond donors (Lipinski definition) is 0. The number of carbonyl (C=O) groups is 1. The fraction of sp³-hybridized carbons (Fsp3) is 0.938. The van der Waals surface area contributed by atoms with Gasteiger partial charge in [-0.25, -0.2) is 0 Å². The first kappa shape index (κ1) is 26.2. The molecule has 0 bridgehead atoms. The lowest BCUT2D eigenvalue weighted by Gasteiger charge is -2.14. The monoisotopic (exact) mass is 262 g/mol. The molecule has 18 heavy (non-hydrogen) atoms. The van der Waals surface area contributed by atoms with Crippen LogP contribution in [0, 0.1) is 0 Å². The van der Waals surface area contributed by atoms with Crippen molar-refractivity contribution >= 4 is 6.29 Å². The van der Waals surface area contributed by atoms with Crippen LogP contribution in [-0.2, 0) is 9.53 Å². The molecule has 0 aromatic carbocycles. The Hall–Kier alpha value is -0.370. The standard InChI is InChI=1S/C6H14.C5H12O.C3H8.C2H4O/c1-3-5-6-4-2;1-5(2,3)6-4;1-3-2;1-2-3/h3-6H2,1-2H3;1-4H3;3H2,1-2H3;2H,1H3. The molecule has 0 saturated carbocycles. The Morgan fingerprint density at radius 2 is 1.11 bits per heavy atom. The summed E-state index contributed by atoms with van der Waals surface area (Å²) in [6.45, 7) is 16.2. The van der Waals surface area contributed by atoms with Crippen molar-refractivity contribution in [3.05, 3.63) is 0 Å². The van der Waals surface area contributed by atoms with Gasteiger partial charge in [0, 0.05) is 7.11 Å². The maximum atomic E-state index is 8.81. The largest absolute Gasteiger partial charge is 0.379 e. The molecule has 0 aromatic rings. The summed E-state index contributed by atoms with van der Waals surface area (Å²) in [4.78, 5) is 8.81. The van der Waals surface area contributed by atoms with Gasteiger partial charge in [-0.2, -0.15) is 0 Å². The molecule has 0 heterocycles. The van der Waals surface area contributed by atoms with Gasteiger partial charge in [-0.3, -0.25) is 0 Å². The fourth-order valence-electron chi connectivity index (χ4n) is 0.500. The molecule has 0 radical (unpaired) electrons. The minimum Gasteiger partial charge on any atom is -0.379 e. The molecule has 2 nitrogen and oxygen atoms in total. The molecule has 0 aliphatic rings. The van der Waals surface area contributed by atoms with E-state index in [9.17, 15) is 0 Å². The molecular weight excluding hydrogens is 224 g/mol. The maximum Gasteiger partial charge on any atom is 0.116 e. The zero-order valence-corrected chi connectivity index (χ0v) is 14.4. The predicted molar refractivity (Wildman–Crippen MR) is 84.3 cm³/mol. The van der Waals surface area contributed by atoms with Crippen molar-refractivity contribution < 1.29 is 9.53 Å². The molecule has 0 saturated heterocycles. The first-order valence-corrected chi connectivity index (χ1v) is 7.25. The van der Waals surface area contributed by atoms with Crippen LogP contribution in [-0.4, -0.2) is 19.0 Å². The lowest BCUT2D eigenvalue weighted by Crippen LogP contribution is -2.15. The molecule has 0 unspecified atom stereocenters. The molecule has 0 N–H and O–H groups in total. The van der Waals surface area contributed by atoms with Gasteiger partial charge >= 0.3 is 0 Å². The highest BCUT2D eigenvalue weighted by molar-refractivity contribution is 5.44. The number of methoxy groups -OCH3 is 1. The van der Waals surface area contributed by atoms with E-state index >= 15 is 0 Å². The molecule has 0 atom stereocenters. The van der Waals surface area contributed by atoms with E-state index in [-0.39, 0.29) is 5.60 Å². The summed E-state index contributed by atoms with van der Waals surface area (Å²) in [7, 11) is 1.71. The summed E-state index contributed by atoms with van der Waals surface area (Å²) in [6.07, 6.45) is 7.54. The van der Waals surface area contributed by atoms with Crippen molar-refractivity contribution in [2.75, 3.05) is 7.11 Å². The van der Waals surface area contributed by atoms with Gasteiger partial charge in [-0.05, 0) is 27.7 Å². The molecular formula is C16H38O2. The number of aldehydes is 1. The van der Waals surface area contributed by atoms with Crippen molar-refractivity contribution in [1.29, 1.82) is 0 Å². The number of unbranched alkanes of at least 4 members (excludes halogenated alkanes) is 3. The Labute approximate surface area is 117 Å². The summed E-state index contributed by atoms with van der Waals surface area (Å²) in [5.41, 5.74) is 0.0417. The Morgan fingerprint density at radius 3 is 1.17 bits per heavy atom. The van der Waals surface area contributed by atoms with Crippen LogP contribution < -0.4 is 0 Å². The van der Waals surface area contributed by atoms with Crippen LogP contribution in [0.25, 0.3) is 0 Å². The summed E-state index contributed by atoms with van der Waals surface area (Å²) in [5.74, 6) is 0. The van der Waals surface area contributed by atoms with Crippen molar-refractivity contribution in [3.63, 3.8) is 0 Å². The van der Waals surface area contributed by atoms with Gasteiger partial charge in [0.15, 0.2) is 0 Å². The fourth-order valence-corrected chi connectivity index (χ4v) is 0.500. The second-order valence-corrected chi connectivity index (χ2v) is 4.97. The molecule has 0 aliphatic carbocycles. The smallest absolute Gasteiger partial charge is 0.116 e. The van der Waals surface area contributed by atoms with Crippen LogP contribution in [0.15, 0.2) is 0 Å². The number of carbonyl (C=O) groups excluding carboxylic acids is 1. The van der Waals surface area contributed by atoms with Crippen LogP contribution in [0.2, 0.25) is 0 Å². The van der Waals surface area contributed by atoms with E-state index in [1.54, 1.807) is 7.11 Å². The molecule has 0 aliphatic heterocycles. The minimum atomic E-state index is 0.0417. The second-order valence-electron chi connectivity index (χ2n) is 4.97. The third kappa shape index (κ3) is 106. The average molecular weight is 262 g/mol. The highest BCUT2D eigenvalue weighted by Gasteiger charge is 2.03. The molecule has 0 rings (SSSR count). The van der Waals surface area contributed by atoms with Crippen molar-refractivity contribution in [2.24, 2.45) is 0 Å². The average Bonchev–Trinajstić information content (AvgIpc) is 2.28. The van der Waals surface area contributed by atoms with Gasteiger partial charge in [-0.1, -0.05) is 59.8 Å². The first-order chi connectivity index (χ1) is 8.30. The molecule has 114 valence electrons. The Balaban J connectivity index is -0.0000000770. The number of rotatable bonds is 3. The minimum absolute atomic E-state index is 0.0417. The summed E-state index contributed by atoms with van der Waals surface area (Å²) >= 11 is 0. The van der Waals surface area contributed by atoms with Crippen LogP contribution >= 0.6 is 0 Å². The second kappa shape index (κ2) is 25.5. The molecule has 2 heteroatoms. The summed E-state index contributed by atoms with van der Waals surface area (Å²) < 4.78 is 4.94. The van der Waals surface area contributed by atoms with E-state index in [2.05, 4.69) is 27.7 Å². The number of hydrogen-bond acceptors (Lipinski definition) is 2. The van der Waals surface area contributed by atoms with Crippen LogP contribution in [0.3, 0.4) is 0 Å². The first-order valence-electron chi connectivity index (χ1n) is 7.25. The molecule has 0 spiro atoms. The van der Waals surface area contributed by atoms with Crippen LogP contribution in [0.4, 0.5) is 0 Å². The van der Waals surface area contributed by atoms with Crippen molar-refractivity contribution in [3.8, 4) is 0 Å². The highest BCUT2D eigenvalue weighted by Crippen LogP contribution is 2.02. The molecule has 0 amide bonds. The lowest BCUT2D eigenvalue weighted by molar-refractivity contribution is -0.106. The summed E-state index contributed by atoms with van der Waals surface area (Å²) in [6, 6.07) is 0. The van der Waals surface area contributed by atoms with E-state index in [0.717, 1.165) is 6.29 Å². The third-order valence-electron chi connectivity index (χ3n) is 1.57. The van der Waals surface area contributed by atoms with E-state index in [1.165, 1.54) is 39.0 Å². The molecule has 0 fully saturated rings. The van der Waals surface area contributed by atoms with Crippen molar-refractivity contribution in [2.45, 2.75) is 93.1 Å². The van der Waals surface area contributed by atoms with Crippen LogP contribution in [0.1, 0.15) is 87.5 Å². The van der Waals surface area contributed by atoms with E-state index < -0.39 is 0 Å². The highest BCUT2D eigenvalue weighted by atomic mass is 16.5. The van der Waals surface area contributed by atoms with Gasteiger partial charge in [0.25, 0.3) is 0 Å². The zero-order chi connectivity index (χ0) is 15.4. The normalized spacial score (nSPS) is 8.72. The third-order valence-corrected chi connectivity index (χ3v) is 1.57. The zero-order valence-electron chi connectivity index (χ0n) is 14.4. The van der Waals surface area contributed by atoms with Crippen LogP contribution in [0.5, 0.6) is 0 Å². The quantitative estimate of drug-likeness (QED) is 0.486. The summed E-state index contributed by atoms with van der Waals surface area (Å²) in [5, 5.41) is 0. The lowest BCUT2D eigenvalue weighted by atomic mass is 10.2. The van der Waals surface area contributed by atoms with Gasteiger partial charge in [0.05, 0.1) is 5.60 Å². The molecule has 0 aromatic heterocycles. The Bertz CT molecular complexity index is 111. The van der Waals surface area contributed by atoms with E-state index in [1.807, 2.05) is 20.8 Å². The van der Waals surface area contributed by atoms with Gasteiger partial charge in [0.1, 0.15) is 6.29 Å². The Morgan fingerprint density at radius 1 is 0.944 bits per heavy atom. The van der Waals surface area contributed by atoms with Gasteiger partial charge in [-0.15, -0.1) is 0 Å². The Kier molecular flexibility index (Phi) is 37.1. The number of ether oxygens (including phenoxy) is 1. The van der Waals surface area contributed by atoms with Gasteiger partial charge < -0.3 is 9.53 Å². The predicted octanol–water partition coefficient (Wildman–Crippen LogP) is 5.64. The van der Waals surface area contributed by atoms with E-state index in [4.69, 9.17) is 9.53 Å².